The second-order valence-corrected chi connectivity index (χ2v) is 5.52. The molecule has 0 saturated carbocycles. The SMILES string of the molecule is COc1ccc(Nc2ncnc(Nc3cc(C)ccn3)c2N)c(OC)c1. The van der Waals surface area contributed by atoms with E-state index in [1.807, 2.05) is 31.2 Å². The van der Waals surface area contributed by atoms with Crippen LogP contribution in [0.2, 0.25) is 0 Å². The molecule has 3 aromatic rings. The molecule has 0 aliphatic carbocycles. The van der Waals surface area contributed by atoms with Gasteiger partial charge < -0.3 is 25.8 Å². The van der Waals surface area contributed by atoms with Gasteiger partial charge in [-0.1, -0.05) is 0 Å². The van der Waals surface area contributed by atoms with Crippen molar-refractivity contribution in [3.05, 3.63) is 48.4 Å². The molecule has 0 radical (unpaired) electrons. The van der Waals surface area contributed by atoms with E-state index in [1.54, 1.807) is 26.5 Å². The van der Waals surface area contributed by atoms with Gasteiger partial charge in [-0.3, -0.25) is 0 Å². The second kappa shape index (κ2) is 7.56. The van der Waals surface area contributed by atoms with Gasteiger partial charge in [0.05, 0.1) is 19.9 Å². The highest BCUT2D eigenvalue weighted by molar-refractivity contribution is 5.81. The summed E-state index contributed by atoms with van der Waals surface area (Å²) in [5, 5.41) is 6.27. The average molecular weight is 352 g/mol. The van der Waals surface area contributed by atoms with Crippen molar-refractivity contribution in [1.29, 1.82) is 0 Å². The number of pyridine rings is 1. The van der Waals surface area contributed by atoms with Crippen LogP contribution in [-0.4, -0.2) is 29.2 Å². The van der Waals surface area contributed by atoms with Crippen LogP contribution in [0.1, 0.15) is 5.56 Å². The number of methoxy groups -OCH3 is 2. The van der Waals surface area contributed by atoms with Crippen molar-refractivity contribution in [3.8, 4) is 11.5 Å². The van der Waals surface area contributed by atoms with E-state index < -0.39 is 0 Å². The molecule has 0 bridgehead atoms. The van der Waals surface area contributed by atoms with Gasteiger partial charge in [0.15, 0.2) is 11.6 Å². The lowest BCUT2D eigenvalue weighted by Gasteiger charge is -2.15. The summed E-state index contributed by atoms with van der Waals surface area (Å²) >= 11 is 0. The third kappa shape index (κ3) is 3.75. The molecule has 4 N–H and O–H groups in total. The standard InChI is InChI=1S/C18H20N6O2/c1-11-6-7-20-15(8-11)24-18-16(19)17(21-10-22-18)23-13-5-4-12(25-2)9-14(13)26-3/h4-10H,19H2,1-3H3,(H2,20,21,22,23,24). The zero-order valence-corrected chi connectivity index (χ0v) is 14.8. The Hall–Kier alpha value is -3.55. The summed E-state index contributed by atoms with van der Waals surface area (Å²) in [4.78, 5) is 12.7. The Morgan fingerprint density at radius 3 is 2.38 bits per heavy atom. The molecule has 0 atom stereocenters. The minimum atomic E-state index is 0.369. The number of hydrogen-bond acceptors (Lipinski definition) is 8. The number of rotatable bonds is 6. The van der Waals surface area contributed by atoms with E-state index >= 15 is 0 Å². The zero-order valence-electron chi connectivity index (χ0n) is 14.8. The van der Waals surface area contributed by atoms with Gasteiger partial charge >= 0.3 is 0 Å². The number of ether oxygens (including phenoxy) is 2. The minimum absolute atomic E-state index is 0.369. The molecule has 8 nitrogen and oxygen atoms in total. The summed E-state index contributed by atoms with van der Waals surface area (Å²) in [7, 11) is 3.18. The second-order valence-electron chi connectivity index (χ2n) is 5.52. The minimum Gasteiger partial charge on any atom is -0.497 e. The third-order valence-corrected chi connectivity index (χ3v) is 3.71. The molecule has 0 amide bonds. The molecule has 0 unspecified atom stereocenters. The van der Waals surface area contributed by atoms with Crippen molar-refractivity contribution in [3.63, 3.8) is 0 Å². The Bertz CT molecular complexity index is 916. The normalized spacial score (nSPS) is 10.3. The monoisotopic (exact) mass is 352 g/mol. The lowest BCUT2D eigenvalue weighted by molar-refractivity contribution is 0.395. The van der Waals surface area contributed by atoms with Gasteiger partial charge in [-0.15, -0.1) is 0 Å². The number of nitrogens with zero attached hydrogens (tertiary/aromatic N) is 3. The molecule has 2 aromatic heterocycles. The lowest BCUT2D eigenvalue weighted by atomic mass is 10.2. The van der Waals surface area contributed by atoms with Gasteiger partial charge in [-0.25, -0.2) is 15.0 Å². The van der Waals surface area contributed by atoms with Gasteiger partial charge in [-0.05, 0) is 36.8 Å². The highest BCUT2D eigenvalue weighted by Gasteiger charge is 2.12. The molecule has 2 heterocycles. The fourth-order valence-corrected chi connectivity index (χ4v) is 2.35. The Kier molecular flexibility index (Phi) is 5.02. The molecule has 0 fully saturated rings. The topological polar surface area (TPSA) is 107 Å². The van der Waals surface area contributed by atoms with Crippen LogP contribution in [0.15, 0.2) is 42.9 Å². The van der Waals surface area contributed by atoms with Crippen LogP contribution >= 0.6 is 0 Å². The molecule has 1 aromatic carbocycles. The summed E-state index contributed by atoms with van der Waals surface area (Å²) in [6, 6.07) is 9.24. The van der Waals surface area contributed by atoms with Crippen LogP contribution < -0.4 is 25.8 Å². The molecule has 0 saturated heterocycles. The van der Waals surface area contributed by atoms with Crippen molar-refractivity contribution >= 4 is 28.8 Å². The quantitative estimate of drug-likeness (QED) is 0.620. The smallest absolute Gasteiger partial charge is 0.160 e. The van der Waals surface area contributed by atoms with E-state index in [1.165, 1.54) is 6.33 Å². The van der Waals surface area contributed by atoms with Crippen molar-refractivity contribution in [2.75, 3.05) is 30.6 Å². The van der Waals surface area contributed by atoms with E-state index in [0.29, 0.717) is 40.3 Å². The van der Waals surface area contributed by atoms with Gasteiger partial charge in [0.1, 0.15) is 29.3 Å². The first-order chi connectivity index (χ1) is 12.6. The number of anilines is 5. The first-order valence-electron chi connectivity index (χ1n) is 7.90. The largest absolute Gasteiger partial charge is 0.497 e. The molecule has 8 heteroatoms. The first kappa shape index (κ1) is 17.3. The molecule has 0 aliphatic heterocycles. The summed E-state index contributed by atoms with van der Waals surface area (Å²) < 4.78 is 10.6. The molecule has 134 valence electrons. The predicted molar refractivity (Wildman–Crippen MR) is 102 cm³/mol. The third-order valence-electron chi connectivity index (χ3n) is 3.71. The maximum atomic E-state index is 6.22. The maximum Gasteiger partial charge on any atom is 0.160 e. The van der Waals surface area contributed by atoms with Crippen LogP contribution in [0.5, 0.6) is 11.5 Å². The van der Waals surface area contributed by atoms with E-state index in [4.69, 9.17) is 15.2 Å². The van der Waals surface area contributed by atoms with Crippen LogP contribution in [0, 0.1) is 6.92 Å². The number of benzene rings is 1. The van der Waals surface area contributed by atoms with Gasteiger partial charge in [0, 0.05) is 12.3 Å². The Balaban J connectivity index is 1.88. The van der Waals surface area contributed by atoms with Crippen LogP contribution in [-0.2, 0) is 0 Å². The highest BCUT2D eigenvalue weighted by Crippen LogP contribution is 2.34. The Morgan fingerprint density at radius 1 is 0.923 bits per heavy atom. The molecule has 0 aliphatic rings. The highest BCUT2D eigenvalue weighted by atomic mass is 16.5. The predicted octanol–water partition coefficient (Wildman–Crippen LogP) is 3.27. The van der Waals surface area contributed by atoms with Gasteiger partial charge in [0.25, 0.3) is 0 Å². The molecule has 3 rings (SSSR count). The number of aromatic nitrogens is 3. The van der Waals surface area contributed by atoms with E-state index in [0.717, 1.165) is 5.56 Å². The summed E-state index contributed by atoms with van der Waals surface area (Å²) in [6.45, 7) is 1.99. The zero-order chi connectivity index (χ0) is 18.5. The maximum absolute atomic E-state index is 6.22. The average Bonchev–Trinajstić information content (AvgIpc) is 2.65. The lowest BCUT2D eigenvalue weighted by Crippen LogP contribution is -2.06. The van der Waals surface area contributed by atoms with Crippen molar-refractivity contribution in [2.45, 2.75) is 6.92 Å². The van der Waals surface area contributed by atoms with Crippen molar-refractivity contribution in [2.24, 2.45) is 0 Å². The number of nitrogens with two attached hydrogens (primary N) is 1. The molecule has 26 heavy (non-hydrogen) atoms. The Morgan fingerprint density at radius 2 is 1.69 bits per heavy atom. The van der Waals surface area contributed by atoms with Gasteiger partial charge in [-0.2, -0.15) is 0 Å². The first-order valence-corrected chi connectivity index (χ1v) is 7.90. The van der Waals surface area contributed by atoms with E-state index in [9.17, 15) is 0 Å². The molecule has 0 spiro atoms. The molecular weight excluding hydrogens is 332 g/mol. The summed E-state index contributed by atoms with van der Waals surface area (Å²) in [5.74, 6) is 2.88. The van der Waals surface area contributed by atoms with Crippen LogP contribution in [0.3, 0.4) is 0 Å². The summed E-state index contributed by atoms with van der Waals surface area (Å²) in [6.07, 6.45) is 3.14. The number of aryl methyl sites for hydroxylation is 1. The number of nitrogen functional groups attached to an aromatic ring is 1. The fraction of sp³-hybridized carbons (Fsp3) is 0.167. The fourth-order valence-electron chi connectivity index (χ4n) is 2.35. The summed E-state index contributed by atoms with van der Waals surface area (Å²) in [5.41, 5.74) is 8.38. The van der Waals surface area contributed by atoms with E-state index in [2.05, 4.69) is 25.6 Å². The van der Waals surface area contributed by atoms with Crippen LogP contribution in [0.4, 0.5) is 28.8 Å². The molecular formula is C18H20N6O2. The van der Waals surface area contributed by atoms with Gasteiger partial charge in [0.2, 0.25) is 0 Å². The number of hydrogen-bond donors (Lipinski definition) is 3. The van der Waals surface area contributed by atoms with Crippen LogP contribution in [0.25, 0.3) is 0 Å². The Labute approximate surface area is 151 Å². The van der Waals surface area contributed by atoms with Crippen molar-refractivity contribution in [1.82, 2.24) is 15.0 Å². The number of nitrogens with one attached hydrogen (secondary N) is 2. The van der Waals surface area contributed by atoms with E-state index in [-0.39, 0.29) is 0 Å². The van der Waals surface area contributed by atoms with Crippen molar-refractivity contribution < 1.29 is 9.47 Å².